The number of nitrogens with one attached hydrogen (secondary N) is 1. The van der Waals surface area contributed by atoms with Crippen molar-refractivity contribution >= 4 is 16.0 Å². The van der Waals surface area contributed by atoms with Gasteiger partial charge in [0.25, 0.3) is 0 Å². The number of rotatable bonds is 4. The van der Waals surface area contributed by atoms with Crippen molar-refractivity contribution in [1.29, 1.82) is 0 Å². The Balaban J connectivity index is 5.36. The molecule has 0 saturated carbocycles. The number of carboxylic acids is 1. The summed E-state index contributed by atoms with van der Waals surface area (Å²) in [5.74, 6) is -1.41. The van der Waals surface area contributed by atoms with E-state index in [0.717, 1.165) is 27.7 Å². The molecule has 5 nitrogen and oxygen atoms in total. The smallest absolute Gasteiger partial charge is 0.481 e. The Labute approximate surface area is 97.1 Å². The molecule has 0 aromatic heterocycles. The number of carboxylic acid groups (broad SMARTS) is 1. The van der Waals surface area contributed by atoms with E-state index in [1.165, 1.54) is 4.72 Å². The molecule has 2 N–H and O–H groups in total. The fraction of sp³-hybridized carbons (Fsp3) is 0.875. The third-order valence-electron chi connectivity index (χ3n) is 2.79. The van der Waals surface area contributed by atoms with Gasteiger partial charge in [0.15, 0.2) is 0 Å². The lowest BCUT2D eigenvalue weighted by atomic mass is 9.75. The van der Waals surface area contributed by atoms with Crippen LogP contribution in [0.1, 0.15) is 27.7 Å². The van der Waals surface area contributed by atoms with E-state index >= 15 is 0 Å². The average molecular weight is 277 g/mol. The Morgan fingerprint density at radius 1 is 1.12 bits per heavy atom. The van der Waals surface area contributed by atoms with E-state index in [2.05, 4.69) is 0 Å². The Morgan fingerprint density at radius 2 is 1.47 bits per heavy atom. The van der Waals surface area contributed by atoms with Crippen LogP contribution in [0.2, 0.25) is 0 Å². The summed E-state index contributed by atoms with van der Waals surface area (Å²) in [6.07, 6.45) is 0. The van der Waals surface area contributed by atoms with E-state index in [1.54, 1.807) is 0 Å². The van der Waals surface area contributed by atoms with Crippen molar-refractivity contribution in [3.05, 3.63) is 0 Å². The number of aliphatic carboxylic acids is 1. The second-order valence-corrected chi connectivity index (χ2v) is 6.28. The lowest BCUT2D eigenvalue weighted by Crippen LogP contribution is -2.59. The highest BCUT2D eigenvalue weighted by molar-refractivity contribution is 7.90. The summed E-state index contributed by atoms with van der Waals surface area (Å²) >= 11 is 0. The summed E-state index contributed by atoms with van der Waals surface area (Å²) in [5, 5.41) is 8.86. The largest absolute Gasteiger partial charge is 0.511 e. The van der Waals surface area contributed by atoms with Crippen molar-refractivity contribution in [3.8, 4) is 0 Å². The van der Waals surface area contributed by atoms with Gasteiger partial charge in [0.05, 0.1) is 5.41 Å². The van der Waals surface area contributed by atoms with Gasteiger partial charge in [0.2, 0.25) is 0 Å². The molecule has 0 bridgehead atoms. The highest BCUT2D eigenvalue weighted by Crippen LogP contribution is 2.33. The topological polar surface area (TPSA) is 83.5 Å². The second kappa shape index (κ2) is 4.13. The average Bonchev–Trinajstić information content (AvgIpc) is 1.98. The maximum Gasteiger partial charge on any atom is 0.511 e. The fourth-order valence-corrected chi connectivity index (χ4v) is 1.83. The number of hydrogen-bond donors (Lipinski definition) is 2. The second-order valence-electron chi connectivity index (χ2n) is 4.61. The molecular formula is C8H14F3NO4S. The zero-order valence-electron chi connectivity index (χ0n) is 9.71. The minimum Gasteiger partial charge on any atom is -0.481 e. The molecule has 0 amide bonds. The maximum atomic E-state index is 12.2. The van der Waals surface area contributed by atoms with Crippen LogP contribution in [0.5, 0.6) is 0 Å². The molecule has 0 spiro atoms. The van der Waals surface area contributed by atoms with Crippen molar-refractivity contribution in [3.63, 3.8) is 0 Å². The number of carbonyl (C=O) groups is 1. The third kappa shape index (κ3) is 3.09. The van der Waals surface area contributed by atoms with E-state index in [-0.39, 0.29) is 0 Å². The van der Waals surface area contributed by atoms with E-state index in [0.29, 0.717) is 0 Å². The number of halogens is 3. The van der Waals surface area contributed by atoms with Crippen LogP contribution in [-0.2, 0) is 14.8 Å². The van der Waals surface area contributed by atoms with Gasteiger partial charge in [-0.2, -0.15) is 13.2 Å². The maximum absolute atomic E-state index is 12.2. The lowest BCUT2D eigenvalue weighted by molar-refractivity contribution is -0.150. The molecule has 0 unspecified atom stereocenters. The molecule has 0 aromatic rings. The Kier molecular flexibility index (Phi) is 3.92. The van der Waals surface area contributed by atoms with E-state index in [1.807, 2.05) is 0 Å². The summed E-state index contributed by atoms with van der Waals surface area (Å²) in [4.78, 5) is 10.9. The zero-order chi connectivity index (χ0) is 14.3. The summed E-state index contributed by atoms with van der Waals surface area (Å²) in [6, 6.07) is 0. The van der Waals surface area contributed by atoms with Crippen LogP contribution in [0.15, 0.2) is 0 Å². The Morgan fingerprint density at radius 3 is 1.71 bits per heavy atom. The first kappa shape index (κ1) is 16.2. The molecule has 9 heteroatoms. The molecule has 0 rings (SSSR count). The lowest BCUT2D eigenvalue weighted by Gasteiger charge is -2.38. The van der Waals surface area contributed by atoms with Crippen LogP contribution in [0.4, 0.5) is 13.2 Å². The molecule has 0 fully saturated rings. The van der Waals surface area contributed by atoms with E-state index in [9.17, 15) is 26.4 Å². The Hall–Kier alpha value is -0.830. The molecule has 0 radical (unpaired) electrons. The van der Waals surface area contributed by atoms with Crippen molar-refractivity contribution in [2.24, 2.45) is 5.41 Å². The predicted molar refractivity (Wildman–Crippen MR) is 53.6 cm³/mol. The number of sulfonamides is 1. The normalized spacial score (nSPS) is 14.8. The monoisotopic (exact) mass is 277 g/mol. The zero-order valence-corrected chi connectivity index (χ0v) is 10.5. The molecule has 17 heavy (non-hydrogen) atoms. The first-order valence-electron chi connectivity index (χ1n) is 4.49. The molecule has 102 valence electrons. The van der Waals surface area contributed by atoms with Crippen LogP contribution in [0.3, 0.4) is 0 Å². The molecule has 0 aromatic carbocycles. The minimum atomic E-state index is -5.59. The highest BCUT2D eigenvalue weighted by atomic mass is 32.2. The van der Waals surface area contributed by atoms with Gasteiger partial charge in [0.1, 0.15) is 0 Å². The van der Waals surface area contributed by atoms with E-state index < -0.39 is 32.5 Å². The van der Waals surface area contributed by atoms with Crippen LogP contribution >= 0.6 is 0 Å². The minimum absolute atomic E-state index is 1.07. The molecule has 0 saturated heterocycles. The summed E-state index contributed by atoms with van der Waals surface area (Å²) < 4.78 is 59.6. The summed E-state index contributed by atoms with van der Waals surface area (Å²) in [7, 11) is -5.59. The van der Waals surface area contributed by atoms with Gasteiger partial charge in [-0.15, -0.1) is 0 Å². The van der Waals surface area contributed by atoms with Gasteiger partial charge in [-0.3, -0.25) is 4.79 Å². The van der Waals surface area contributed by atoms with Crippen LogP contribution in [0.25, 0.3) is 0 Å². The van der Waals surface area contributed by atoms with Crippen molar-refractivity contribution in [2.45, 2.75) is 38.7 Å². The van der Waals surface area contributed by atoms with Gasteiger partial charge in [0, 0.05) is 5.54 Å². The molecule has 0 heterocycles. The van der Waals surface area contributed by atoms with Crippen LogP contribution < -0.4 is 4.72 Å². The number of hydrogen-bond acceptors (Lipinski definition) is 3. The van der Waals surface area contributed by atoms with E-state index in [4.69, 9.17) is 5.11 Å². The SMILES string of the molecule is CC(C)(NS(=O)(=O)C(F)(F)F)C(C)(C)C(=O)O. The van der Waals surface area contributed by atoms with Gasteiger partial charge < -0.3 is 5.11 Å². The molecule has 0 aliphatic rings. The highest BCUT2D eigenvalue weighted by Gasteiger charge is 2.53. The van der Waals surface area contributed by atoms with Gasteiger partial charge >= 0.3 is 21.5 Å². The predicted octanol–water partition coefficient (Wildman–Crippen LogP) is 1.32. The van der Waals surface area contributed by atoms with Crippen molar-refractivity contribution < 1.29 is 31.5 Å². The third-order valence-corrected chi connectivity index (χ3v) is 4.18. The van der Waals surface area contributed by atoms with Gasteiger partial charge in [-0.05, 0) is 27.7 Å². The molecule has 0 aliphatic carbocycles. The number of alkyl halides is 3. The first-order chi connectivity index (χ1) is 7.15. The van der Waals surface area contributed by atoms with Gasteiger partial charge in [-0.1, -0.05) is 0 Å². The van der Waals surface area contributed by atoms with Gasteiger partial charge in [-0.25, -0.2) is 13.1 Å². The van der Waals surface area contributed by atoms with Crippen molar-refractivity contribution in [1.82, 2.24) is 4.72 Å². The van der Waals surface area contributed by atoms with Crippen LogP contribution in [-0.4, -0.2) is 30.5 Å². The molecule has 0 atom stereocenters. The molecule has 0 aliphatic heterocycles. The van der Waals surface area contributed by atoms with Crippen LogP contribution in [0, 0.1) is 5.41 Å². The fourth-order valence-electron chi connectivity index (χ4n) is 0.789. The first-order valence-corrected chi connectivity index (χ1v) is 5.97. The summed E-state index contributed by atoms with van der Waals surface area (Å²) in [6.45, 7) is 4.41. The standard InChI is InChI=1S/C8H14F3NO4S/c1-6(2,5(13)14)7(3,4)12-17(15,16)8(9,10)11/h12H,1-4H3,(H,13,14). The van der Waals surface area contributed by atoms with Crippen molar-refractivity contribution in [2.75, 3.05) is 0 Å². The Bertz CT molecular complexity index is 411. The quantitative estimate of drug-likeness (QED) is 0.811. The summed E-state index contributed by atoms with van der Waals surface area (Å²) in [5.41, 5.74) is -8.97. The molecular weight excluding hydrogens is 263 g/mol.